The summed E-state index contributed by atoms with van der Waals surface area (Å²) in [5.74, 6) is -2.81. The van der Waals surface area contributed by atoms with Crippen LogP contribution < -0.4 is 25.4 Å². The van der Waals surface area contributed by atoms with Crippen molar-refractivity contribution in [2.75, 3.05) is 32.8 Å². The highest BCUT2D eigenvalue weighted by Crippen LogP contribution is 2.43. The lowest BCUT2D eigenvalue weighted by Crippen LogP contribution is -2.58. The number of carbonyl (C=O) groups is 4. The van der Waals surface area contributed by atoms with Gasteiger partial charge in [0.05, 0.1) is 34.8 Å². The molecule has 1 saturated heterocycles. The Bertz CT molecular complexity index is 3030. The summed E-state index contributed by atoms with van der Waals surface area (Å²) in [6.07, 6.45) is 2.21. The van der Waals surface area contributed by atoms with Gasteiger partial charge in [-0.2, -0.15) is 0 Å². The van der Waals surface area contributed by atoms with E-state index in [0.29, 0.717) is 23.6 Å². The summed E-state index contributed by atoms with van der Waals surface area (Å²) in [5.41, 5.74) is 4.59. The number of carbonyl (C=O) groups excluding carboxylic acids is 4. The number of nitrogens with zero attached hydrogens (tertiary/aromatic N) is 3. The number of aliphatic hydroxyl groups is 1. The lowest BCUT2D eigenvalue weighted by Gasteiger charge is -2.43. The Morgan fingerprint density at radius 2 is 1.63 bits per heavy atom. The SMILES string of the molecule is Cc1ncsc1-c1ccc(CNC(=O)[C@@H]2C[C@@H](O)CN2C(=O)C(NC(=O)COc2ccc(OCCNC(=O)/C=C/c3cc(F)c([C@@H]4c5[nH]c6ccccc6c5C[C@@H](C)N4CC(C)(C)F)c(F)c3)cc2)C(C)(C)C)cc1. The first-order valence-electron chi connectivity index (χ1n) is 25.0. The van der Waals surface area contributed by atoms with Crippen LogP contribution in [0.15, 0.2) is 96.5 Å². The maximum absolute atomic E-state index is 16.1. The lowest BCUT2D eigenvalue weighted by atomic mass is 9.85. The normalized spacial score (nSPS) is 18.5. The molecule has 4 heterocycles. The van der Waals surface area contributed by atoms with Gasteiger partial charge in [-0.15, -0.1) is 11.3 Å². The number of amides is 4. The molecule has 396 valence electrons. The van der Waals surface area contributed by atoms with E-state index in [1.165, 1.54) is 43.0 Å². The number of hydrogen-bond donors (Lipinski definition) is 5. The molecule has 4 aromatic carbocycles. The van der Waals surface area contributed by atoms with Crippen molar-refractivity contribution < 1.29 is 46.9 Å². The summed E-state index contributed by atoms with van der Waals surface area (Å²) in [7, 11) is 0. The van der Waals surface area contributed by atoms with Gasteiger partial charge in [-0.1, -0.05) is 63.2 Å². The summed E-state index contributed by atoms with van der Waals surface area (Å²) < 4.78 is 58.9. The molecular weight excluding hydrogens is 984 g/mol. The van der Waals surface area contributed by atoms with Gasteiger partial charge in [0, 0.05) is 60.3 Å². The Labute approximate surface area is 438 Å². The van der Waals surface area contributed by atoms with Crippen LogP contribution in [0.1, 0.15) is 87.6 Å². The van der Waals surface area contributed by atoms with E-state index in [2.05, 4.69) is 25.9 Å². The number of H-pyrrole nitrogens is 1. The number of ether oxygens (including phenoxy) is 2. The quantitative estimate of drug-likeness (QED) is 0.0418. The van der Waals surface area contributed by atoms with Crippen molar-refractivity contribution in [3.05, 3.63) is 142 Å². The number of hydrogen-bond acceptors (Lipinski definition) is 10. The topological polar surface area (TPSA) is 178 Å². The van der Waals surface area contributed by atoms with Crippen molar-refractivity contribution in [2.45, 2.75) is 104 Å². The van der Waals surface area contributed by atoms with E-state index in [9.17, 15) is 24.3 Å². The maximum atomic E-state index is 16.1. The average molecular weight is 1050 g/mol. The molecule has 0 saturated carbocycles. The molecular formula is C57H64F3N7O7S. The van der Waals surface area contributed by atoms with E-state index < -0.39 is 77.2 Å². The molecule has 2 aliphatic rings. The molecule has 1 unspecified atom stereocenters. The molecule has 0 spiro atoms. The van der Waals surface area contributed by atoms with Crippen molar-refractivity contribution in [1.29, 1.82) is 0 Å². The van der Waals surface area contributed by atoms with Crippen LogP contribution in [0.25, 0.3) is 27.4 Å². The fourth-order valence-corrected chi connectivity index (χ4v) is 10.6. The van der Waals surface area contributed by atoms with Gasteiger partial charge in [0.25, 0.3) is 5.91 Å². The minimum absolute atomic E-state index is 0.0462. The van der Waals surface area contributed by atoms with E-state index in [0.717, 1.165) is 38.2 Å². The highest BCUT2D eigenvalue weighted by molar-refractivity contribution is 7.13. The molecule has 4 amide bonds. The van der Waals surface area contributed by atoms with Gasteiger partial charge >= 0.3 is 0 Å². The Morgan fingerprint density at radius 3 is 2.28 bits per heavy atom. The summed E-state index contributed by atoms with van der Waals surface area (Å²) in [6.45, 7) is 12.1. The summed E-state index contributed by atoms with van der Waals surface area (Å²) in [5, 5.41) is 19.9. The molecule has 18 heteroatoms. The highest BCUT2D eigenvalue weighted by Gasteiger charge is 2.45. The molecule has 75 heavy (non-hydrogen) atoms. The van der Waals surface area contributed by atoms with Crippen LogP contribution in [0.2, 0.25) is 0 Å². The standard InChI is InChI=1S/C57H64F3N7O7S/c1-33-24-42-41-10-8-9-11-45(41)64-50(42)51(67(33)31-57(6,7)60)49-43(58)25-36(26-44(49)59)14-21-47(69)61-22-23-73-39-17-19-40(20-18-39)74-30-48(70)65-53(56(3,4)5)55(72)66-29-38(68)27-46(66)54(71)62-28-35-12-15-37(16-13-35)52-34(2)63-32-75-52/h8-21,25-26,32-33,38,46,51,53,64,68H,22-24,27-31H2,1-7H3,(H,61,69)(H,62,71)(H,65,70)/b21-14+/t33-,38-,46+,51-,53?/m1/s1. The zero-order valence-electron chi connectivity index (χ0n) is 43.1. The molecule has 6 aromatic rings. The van der Waals surface area contributed by atoms with E-state index >= 15 is 13.2 Å². The molecule has 1 fully saturated rings. The predicted octanol–water partition coefficient (Wildman–Crippen LogP) is 8.36. The number of β-amino-alcohol motifs (C(OH)–C–C–N with tert-alkyl or cyclic N) is 1. The number of nitrogens with one attached hydrogen (secondary N) is 4. The predicted molar refractivity (Wildman–Crippen MR) is 283 cm³/mol. The third kappa shape index (κ3) is 13.1. The van der Waals surface area contributed by atoms with Crippen molar-refractivity contribution in [3.8, 4) is 21.9 Å². The lowest BCUT2D eigenvalue weighted by molar-refractivity contribution is -0.144. The Balaban J connectivity index is 0.793. The highest BCUT2D eigenvalue weighted by atomic mass is 32.1. The second-order valence-electron chi connectivity index (χ2n) is 21.0. The maximum Gasteiger partial charge on any atom is 0.258 e. The molecule has 2 aromatic heterocycles. The molecule has 8 rings (SSSR count). The molecule has 0 bridgehead atoms. The van der Waals surface area contributed by atoms with E-state index in [1.807, 2.05) is 62.4 Å². The monoisotopic (exact) mass is 1050 g/mol. The number of aliphatic hydroxyl groups excluding tert-OH is 1. The van der Waals surface area contributed by atoms with Crippen molar-refractivity contribution in [3.63, 3.8) is 0 Å². The summed E-state index contributed by atoms with van der Waals surface area (Å²) in [6, 6.07) is 21.1. The van der Waals surface area contributed by atoms with Crippen LogP contribution in [0, 0.1) is 24.0 Å². The number of alkyl halides is 1. The van der Waals surface area contributed by atoms with Crippen molar-refractivity contribution >= 4 is 51.9 Å². The Kier molecular flexibility index (Phi) is 16.5. The number of rotatable bonds is 18. The third-order valence-electron chi connectivity index (χ3n) is 13.5. The second-order valence-corrected chi connectivity index (χ2v) is 21.8. The van der Waals surface area contributed by atoms with Crippen LogP contribution in [0.5, 0.6) is 11.5 Å². The fraction of sp³-hybridized carbons (Fsp3) is 0.386. The average Bonchev–Trinajstić information content (AvgIpc) is 4.09. The number of aryl methyl sites for hydroxylation is 1. The minimum atomic E-state index is -1.63. The number of halogens is 3. The number of aromatic amines is 1. The van der Waals surface area contributed by atoms with Crippen molar-refractivity contribution in [2.24, 2.45) is 5.41 Å². The largest absolute Gasteiger partial charge is 0.492 e. The minimum Gasteiger partial charge on any atom is -0.492 e. The van der Waals surface area contributed by atoms with Gasteiger partial charge in [-0.05, 0) is 110 Å². The van der Waals surface area contributed by atoms with E-state index in [4.69, 9.17) is 9.47 Å². The Morgan fingerprint density at radius 1 is 0.947 bits per heavy atom. The van der Waals surface area contributed by atoms with Crippen LogP contribution >= 0.6 is 11.3 Å². The number of thiazole rings is 1. The number of aromatic nitrogens is 2. The molecule has 14 nitrogen and oxygen atoms in total. The molecule has 0 aliphatic carbocycles. The first kappa shape index (κ1) is 54.2. The van der Waals surface area contributed by atoms with Gasteiger partial charge in [0.15, 0.2) is 6.61 Å². The second kappa shape index (κ2) is 22.8. The molecule has 5 N–H and O–H groups in total. The van der Waals surface area contributed by atoms with Crippen LogP contribution in [-0.4, -0.2) is 111 Å². The number of likely N-dealkylation sites (tertiary alicyclic amines) is 1. The van der Waals surface area contributed by atoms with E-state index in [1.54, 1.807) is 66.8 Å². The first-order chi connectivity index (χ1) is 35.6. The molecule has 0 radical (unpaired) electrons. The van der Waals surface area contributed by atoms with Gasteiger partial charge in [0.2, 0.25) is 17.7 Å². The summed E-state index contributed by atoms with van der Waals surface area (Å²) in [4.78, 5) is 65.4. The van der Waals surface area contributed by atoms with Gasteiger partial charge in [0.1, 0.15) is 47.5 Å². The van der Waals surface area contributed by atoms with Crippen LogP contribution in [0.3, 0.4) is 0 Å². The van der Waals surface area contributed by atoms with E-state index in [-0.39, 0.29) is 56.4 Å². The number of fused-ring (bicyclic) bond motifs is 3. The number of benzene rings is 4. The van der Waals surface area contributed by atoms with Crippen molar-refractivity contribution in [1.82, 2.24) is 35.7 Å². The Hall–Kier alpha value is -7.02. The third-order valence-corrected chi connectivity index (χ3v) is 14.4. The zero-order chi connectivity index (χ0) is 53.8. The van der Waals surface area contributed by atoms with Gasteiger partial charge < -0.3 is 40.4 Å². The fourth-order valence-electron chi connectivity index (χ4n) is 9.80. The number of para-hydroxylation sites is 1. The zero-order valence-corrected chi connectivity index (χ0v) is 44.0. The van der Waals surface area contributed by atoms with Gasteiger partial charge in [-0.25, -0.2) is 18.2 Å². The van der Waals surface area contributed by atoms with Crippen LogP contribution in [0.4, 0.5) is 13.2 Å². The molecule has 2 aliphatic heterocycles. The van der Waals surface area contributed by atoms with Gasteiger partial charge in [-0.3, -0.25) is 24.1 Å². The van der Waals surface area contributed by atoms with Crippen LogP contribution in [-0.2, 0) is 32.1 Å². The smallest absolute Gasteiger partial charge is 0.258 e. The molecule has 5 atom stereocenters. The summed E-state index contributed by atoms with van der Waals surface area (Å²) >= 11 is 1.56. The first-order valence-corrected chi connectivity index (χ1v) is 25.9.